The molecule has 1 atom stereocenters. The fraction of sp³-hybridized carbons (Fsp3) is 0.643. The van der Waals surface area contributed by atoms with Crippen molar-refractivity contribution in [3.05, 3.63) is 27.7 Å². The van der Waals surface area contributed by atoms with Crippen LogP contribution in [0.25, 0.3) is 0 Å². The molecule has 0 aliphatic carbocycles. The van der Waals surface area contributed by atoms with Gasteiger partial charge in [0, 0.05) is 6.54 Å². The van der Waals surface area contributed by atoms with Crippen molar-refractivity contribution in [2.24, 2.45) is 0 Å². The van der Waals surface area contributed by atoms with Crippen LogP contribution >= 0.6 is 0 Å². The molecule has 1 fully saturated rings. The number of amides is 1. The number of ether oxygens (including phenoxy) is 1. The largest absolute Gasteiger partial charge is 0.444 e. The highest BCUT2D eigenvalue weighted by atomic mass is 19.4. The number of rotatable bonds is 1. The van der Waals surface area contributed by atoms with E-state index in [1.807, 2.05) is 5.10 Å². The van der Waals surface area contributed by atoms with E-state index in [0.29, 0.717) is 25.5 Å². The van der Waals surface area contributed by atoms with Crippen molar-refractivity contribution in [2.45, 2.75) is 51.4 Å². The second-order valence-corrected chi connectivity index (χ2v) is 6.37. The first-order valence-electron chi connectivity index (χ1n) is 7.15. The molecule has 1 N–H and O–H groups in total. The standard InChI is InChI=1S/C14H18F3N3O3/c1-13(2,3)23-12(22)20-6-4-5-10(20)9-7-8(14(15,16)17)11(21)19-18-9/h7,10H,4-6H2,1-3H3,(H,19,21). The van der Waals surface area contributed by atoms with E-state index >= 15 is 0 Å². The molecule has 0 saturated carbocycles. The van der Waals surface area contributed by atoms with Gasteiger partial charge in [-0.05, 0) is 39.7 Å². The van der Waals surface area contributed by atoms with Crippen LogP contribution in [0, 0.1) is 0 Å². The Balaban J connectivity index is 2.30. The first kappa shape index (κ1) is 17.3. The lowest BCUT2D eigenvalue weighted by atomic mass is 10.1. The highest BCUT2D eigenvalue weighted by molar-refractivity contribution is 5.69. The zero-order valence-corrected chi connectivity index (χ0v) is 13.0. The molecular formula is C14H18F3N3O3. The molecule has 0 aromatic carbocycles. The number of carbonyl (C=O) groups excluding carboxylic acids is 1. The second kappa shape index (κ2) is 5.86. The lowest BCUT2D eigenvalue weighted by molar-refractivity contribution is -0.138. The Morgan fingerprint density at radius 1 is 1.39 bits per heavy atom. The van der Waals surface area contributed by atoms with Crippen LogP contribution in [-0.4, -0.2) is 33.3 Å². The van der Waals surface area contributed by atoms with Crippen molar-refractivity contribution in [3.8, 4) is 0 Å². The van der Waals surface area contributed by atoms with Gasteiger partial charge >= 0.3 is 12.3 Å². The molecule has 6 nitrogen and oxygen atoms in total. The Kier molecular flexibility index (Phi) is 4.41. The van der Waals surface area contributed by atoms with Gasteiger partial charge in [0.15, 0.2) is 0 Å². The smallest absolute Gasteiger partial charge is 0.421 e. The van der Waals surface area contributed by atoms with Crippen molar-refractivity contribution in [2.75, 3.05) is 6.54 Å². The molecular weight excluding hydrogens is 315 g/mol. The van der Waals surface area contributed by atoms with Crippen LogP contribution in [0.3, 0.4) is 0 Å². The van der Waals surface area contributed by atoms with Crippen molar-refractivity contribution < 1.29 is 22.7 Å². The summed E-state index contributed by atoms with van der Waals surface area (Å²) in [6.07, 6.45) is -4.32. The van der Waals surface area contributed by atoms with E-state index in [1.165, 1.54) is 4.90 Å². The summed E-state index contributed by atoms with van der Waals surface area (Å²) in [5, 5.41) is 5.53. The van der Waals surface area contributed by atoms with Gasteiger partial charge < -0.3 is 4.74 Å². The Morgan fingerprint density at radius 3 is 2.61 bits per heavy atom. The van der Waals surface area contributed by atoms with Gasteiger partial charge in [-0.25, -0.2) is 9.89 Å². The van der Waals surface area contributed by atoms with Crippen LogP contribution < -0.4 is 5.56 Å². The third-order valence-electron chi connectivity index (χ3n) is 3.35. The zero-order chi connectivity index (χ0) is 17.4. The van der Waals surface area contributed by atoms with Crippen molar-refractivity contribution >= 4 is 6.09 Å². The van der Waals surface area contributed by atoms with Crippen LogP contribution in [-0.2, 0) is 10.9 Å². The quantitative estimate of drug-likeness (QED) is 0.857. The van der Waals surface area contributed by atoms with Gasteiger partial charge in [-0.1, -0.05) is 0 Å². The van der Waals surface area contributed by atoms with Gasteiger partial charge in [-0.15, -0.1) is 0 Å². The van der Waals surface area contributed by atoms with E-state index in [2.05, 4.69) is 5.10 Å². The van der Waals surface area contributed by atoms with Crippen LogP contribution in [0.4, 0.5) is 18.0 Å². The van der Waals surface area contributed by atoms with Crippen molar-refractivity contribution in [1.29, 1.82) is 0 Å². The number of alkyl halides is 3. The molecule has 23 heavy (non-hydrogen) atoms. The lowest BCUT2D eigenvalue weighted by Gasteiger charge is -2.28. The SMILES string of the molecule is CC(C)(C)OC(=O)N1CCCC1c1cc(C(F)(F)F)c(=O)[nH]n1. The molecule has 1 aromatic rings. The number of nitrogens with zero attached hydrogens (tertiary/aromatic N) is 2. The third kappa shape index (κ3) is 4.02. The Labute approximate surface area is 130 Å². The molecule has 0 spiro atoms. The Bertz CT molecular complexity index is 649. The molecule has 1 aliphatic rings. The maximum absolute atomic E-state index is 12.8. The van der Waals surface area contributed by atoms with Gasteiger partial charge in [0.2, 0.25) is 0 Å². The summed E-state index contributed by atoms with van der Waals surface area (Å²) in [6.45, 7) is 5.48. The third-order valence-corrected chi connectivity index (χ3v) is 3.35. The average molecular weight is 333 g/mol. The summed E-state index contributed by atoms with van der Waals surface area (Å²) in [4.78, 5) is 24.8. The first-order chi connectivity index (χ1) is 10.5. The summed E-state index contributed by atoms with van der Waals surface area (Å²) in [7, 11) is 0. The number of H-pyrrole nitrogens is 1. The molecule has 128 valence electrons. The van der Waals surface area contributed by atoms with E-state index < -0.39 is 35.0 Å². The minimum absolute atomic E-state index is 0.000263. The number of aromatic nitrogens is 2. The molecule has 1 aromatic heterocycles. The van der Waals surface area contributed by atoms with Gasteiger partial charge in [0.1, 0.15) is 11.2 Å². The summed E-state index contributed by atoms with van der Waals surface area (Å²) >= 11 is 0. The van der Waals surface area contributed by atoms with Crippen LogP contribution in [0.15, 0.2) is 10.9 Å². The number of hydrogen-bond acceptors (Lipinski definition) is 4. The fourth-order valence-electron chi connectivity index (χ4n) is 2.42. The first-order valence-corrected chi connectivity index (χ1v) is 7.15. The van der Waals surface area contributed by atoms with E-state index in [1.54, 1.807) is 20.8 Å². The minimum atomic E-state index is -4.78. The molecule has 2 heterocycles. The number of hydrogen-bond donors (Lipinski definition) is 1. The predicted molar refractivity (Wildman–Crippen MR) is 74.8 cm³/mol. The van der Waals surface area contributed by atoms with Crippen molar-refractivity contribution in [3.63, 3.8) is 0 Å². The maximum Gasteiger partial charge on any atom is 0.421 e. The number of halogens is 3. The van der Waals surface area contributed by atoms with Crippen molar-refractivity contribution in [1.82, 2.24) is 15.1 Å². The maximum atomic E-state index is 12.8. The van der Waals surface area contributed by atoms with E-state index in [4.69, 9.17) is 4.74 Å². The second-order valence-electron chi connectivity index (χ2n) is 6.37. The zero-order valence-electron chi connectivity index (χ0n) is 13.0. The molecule has 1 aliphatic heterocycles. The summed E-state index contributed by atoms with van der Waals surface area (Å²) in [5.41, 5.74) is -3.33. The van der Waals surface area contributed by atoms with Gasteiger partial charge in [0.25, 0.3) is 5.56 Å². The van der Waals surface area contributed by atoms with Gasteiger partial charge in [-0.2, -0.15) is 18.3 Å². The molecule has 0 radical (unpaired) electrons. The molecule has 1 saturated heterocycles. The highest BCUT2D eigenvalue weighted by Gasteiger charge is 2.38. The molecule has 9 heteroatoms. The average Bonchev–Trinajstić information content (AvgIpc) is 2.85. The topological polar surface area (TPSA) is 75.3 Å². The van der Waals surface area contributed by atoms with E-state index in [-0.39, 0.29) is 5.69 Å². The van der Waals surface area contributed by atoms with Gasteiger partial charge in [0.05, 0.1) is 11.7 Å². The fourth-order valence-corrected chi connectivity index (χ4v) is 2.42. The number of likely N-dealkylation sites (tertiary alicyclic amines) is 1. The molecule has 2 rings (SSSR count). The number of aromatic amines is 1. The summed E-state index contributed by atoms with van der Waals surface area (Å²) in [5.74, 6) is 0. The number of carbonyl (C=O) groups is 1. The molecule has 1 amide bonds. The predicted octanol–water partition coefficient (Wildman–Crippen LogP) is 2.86. The summed E-state index contributed by atoms with van der Waals surface area (Å²) < 4.78 is 43.8. The van der Waals surface area contributed by atoms with Crippen LogP contribution in [0.1, 0.15) is 50.9 Å². The monoisotopic (exact) mass is 333 g/mol. The lowest BCUT2D eigenvalue weighted by Crippen LogP contribution is -2.37. The Morgan fingerprint density at radius 2 is 2.04 bits per heavy atom. The van der Waals surface area contributed by atoms with E-state index in [9.17, 15) is 22.8 Å². The Hall–Kier alpha value is -2.06. The van der Waals surface area contributed by atoms with Gasteiger partial charge in [-0.3, -0.25) is 9.69 Å². The molecule has 0 bridgehead atoms. The highest BCUT2D eigenvalue weighted by Crippen LogP contribution is 2.34. The minimum Gasteiger partial charge on any atom is -0.444 e. The van der Waals surface area contributed by atoms with Crippen LogP contribution in [0.5, 0.6) is 0 Å². The van der Waals surface area contributed by atoms with E-state index in [0.717, 1.165) is 0 Å². The summed E-state index contributed by atoms with van der Waals surface area (Å²) in [6, 6.07) is 0.0504. The van der Waals surface area contributed by atoms with Crippen LogP contribution in [0.2, 0.25) is 0 Å². The number of nitrogens with one attached hydrogen (secondary N) is 1. The molecule has 1 unspecified atom stereocenters. The normalized spacial score (nSPS) is 19.0.